The molecule has 0 unspecified atom stereocenters. The highest BCUT2D eigenvalue weighted by atomic mass is 35.5. The van der Waals surface area contributed by atoms with Crippen molar-refractivity contribution < 1.29 is 18.7 Å². The molecular formula is C26H34ClFO3. The van der Waals surface area contributed by atoms with E-state index in [-0.39, 0.29) is 17.5 Å². The number of ether oxygens (including phenoxy) is 2. The summed E-state index contributed by atoms with van der Waals surface area (Å²) in [5.74, 6) is 0.198. The van der Waals surface area contributed by atoms with Crippen molar-refractivity contribution in [2.75, 3.05) is 32.3 Å². The zero-order valence-corrected chi connectivity index (χ0v) is 19.2. The van der Waals surface area contributed by atoms with Gasteiger partial charge in [-0.3, -0.25) is 4.79 Å². The third-order valence-electron chi connectivity index (χ3n) is 5.32. The Morgan fingerprint density at radius 1 is 0.903 bits per heavy atom. The van der Waals surface area contributed by atoms with E-state index in [1.807, 2.05) is 43.3 Å². The number of hydrogen-bond donors (Lipinski definition) is 0. The number of halogens is 2. The number of carbonyl (C=O) groups excluding carboxylic acids is 1. The Bertz CT molecular complexity index is 767. The van der Waals surface area contributed by atoms with E-state index in [9.17, 15) is 9.18 Å². The summed E-state index contributed by atoms with van der Waals surface area (Å²) < 4.78 is 25.6. The first-order chi connectivity index (χ1) is 15.1. The van der Waals surface area contributed by atoms with Crippen LogP contribution in [0, 0.1) is 5.82 Å². The van der Waals surface area contributed by atoms with Crippen molar-refractivity contribution in [2.45, 2.75) is 51.4 Å². The monoisotopic (exact) mass is 448 g/mol. The number of alkyl halides is 1. The van der Waals surface area contributed by atoms with Gasteiger partial charge in [-0.2, -0.15) is 0 Å². The summed E-state index contributed by atoms with van der Waals surface area (Å²) in [4.78, 5) is 12.5. The van der Waals surface area contributed by atoms with Crippen molar-refractivity contribution in [1.29, 1.82) is 0 Å². The molecule has 31 heavy (non-hydrogen) atoms. The molecule has 0 saturated carbocycles. The number of benzene rings is 2. The summed E-state index contributed by atoms with van der Waals surface area (Å²) in [7, 11) is 0. The van der Waals surface area contributed by atoms with Gasteiger partial charge in [-0.25, -0.2) is 4.39 Å². The number of Topliss-reactive ketones (excluding diaryl/α,β-unsaturated/α-hetero) is 1. The first-order valence-corrected chi connectivity index (χ1v) is 11.8. The van der Waals surface area contributed by atoms with Gasteiger partial charge in [-0.1, -0.05) is 62.2 Å². The van der Waals surface area contributed by atoms with Crippen LogP contribution in [0.5, 0.6) is 0 Å². The van der Waals surface area contributed by atoms with E-state index in [0.29, 0.717) is 43.8 Å². The van der Waals surface area contributed by atoms with Crippen LogP contribution < -0.4 is 0 Å². The van der Waals surface area contributed by atoms with E-state index in [1.54, 1.807) is 6.07 Å². The molecule has 0 amide bonds. The lowest BCUT2D eigenvalue weighted by Gasteiger charge is -2.13. The van der Waals surface area contributed by atoms with E-state index in [0.717, 1.165) is 43.7 Å². The van der Waals surface area contributed by atoms with Crippen molar-refractivity contribution in [3.63, 3.8) is 0 Å². The molecule has 3 nitrogen and oxygen atoms in total. The molecule has 0 aliphatic heterocycles. The minimum absolute atomic E-state index is 0.101. The molecule has 0 saturated heterocycles. The molecule has 0 heterocycles. The van der Waals surface area contributed by atoms with E-state index < -0.39 is 0 Å². The lowest BCUT2D eigenvalue weighted by Crippen LogP contribution is -2.11. The van der Waals surface area contributed by atoms with Crippen molar-refractivity contribution in [3.8, 4) is 11.1 Å². The van der Waals surface area contributed by atoms with Crippen LogP contribution >= 0.6 is 11.6 Å². The van der Waals surface area contributed by atoms with Crippen molar-refractivity contribution in [1.82, 2.24) is 0 Å². The van der Waals surface area contributed by atoms with E-state index in [1.165, 1.54) is 6.07 Å². The van der Waals surface area contributed by atoms with Gasteiger partial charge in [0.25, 0.3) is 0 Å². The SMILES string of the molecule is C[C@@H](C(=O)CCCOCCOCCCCCCCl)c1ccc(-c2ccccc2)c(F)c1. The molecule has 170 valence electrons. The Hall–Kier alpha value is -1.75. The molecule has 2 aromatic rings. The van der Waals surface area contributed by atoms with Gasteiger partial charge < -0.3 is 9.47 Å². The summed E-state index contributed by atoms with van der Waals surface area (Å²) in [6, 6.07) is 14.5. The maximum absolute atomic E-state index is 14.6. The predicted octanol–water partition coefficient (Wildman–Crippen LogP) is 6.78. The second-order valence-electron chi connectivity index (χ2n) is 7.72. The largest absolute Gasteiger partial charge is 0.379 e. The van der Waals surface area contributed by atoms with Crippen LogP contribution in [0.4, 0.5) is 4.39 Å². The number of rotatable bonds is 16. The summed E-state index contributed by atoms with van der Waals surface area (Å²) in [6.07, 6.45) is 5.50. The standard InChI is InChI=1S/C26H34ClFO3/c1-21(23-13-14-24(25(28)20-23)22-10-5-4-6-11-22)26(29)12-9-17-31-19-18-30-16-8-3-2-7-15-27/h4-6,10-11,13-14,20-21H,2-3,7-9,12,15-19H2,1H3/t21-/m1/s1. The fourth-order valence-electron chi connectivity index (χ4n) is 3.38. The van der Waals surface area contributed by atoms with Gasteiger partial charge in [-0.05, 0) is 36.5 Å². The molecule has 5 heteroatoms. The quantitative estimate of drug-likeness (QED) is 0.210. The summed E-state index contributed by atoms with van der Waals surface area (Å²) in [5.41, 5.74) is 2.09. The highest BCUT2D eigenvalue weighted by Crippen LogP contribution is 2.27. The number of ketones is 1. The lowest BCUT2D eigenvalue weighted by molar-refractivity contribution is -0.120. The van der Waals surface area contributed by atoms with Gasteiger partial charge in [0.15, 0.2) is 0 Å². The zero-order valence-electron chi connectivity index (χ0n) is 18.5. The van der Waals surface area contributed by atoms with Crippen molar-refractivity contribution >= 4 is 17.4 Å². The second-order valence-corrected chi connectivity index (χ2v) is 8.10. The predicted molar refractivity (Wildman–Crippen MR) is 125 cm³/mol. The van der Waals surface area contributed by atoms with Gasteiger partial charge in [0.2, 0.25) is 0 Å². The first kappa shape index (κ1) is 25.5. The van der Waals surface area contributed by atoms with Crippen molar-refractivity contribution in [2.24, 2.45) is 0 Å². The van der Waals surface area contributed by atoms with E-state index in [2.05, 4.69) is 0 Å². The van der Waals surface area contributed by atoms with Crippen LogP contribution in [0.25, 0.3) is 11.1 Å². The van der Waals surface area contributed by atoms with Gasteiger partial charge in [-0.15, -0.1) is 11.6 Å². The molecule has 1 atom stereocenters. The molecule has 0 bridgehead atoms. The summed E-state index contributed by atoms with van der Waals surface area (Å²) in [5, 5.41) is 0. The maximum Gasteiger partial charge on any atom is 0.140 e. The fraction of sp³-hybridized carbons (Fsp3) is 0.500. The van der Waals surface area contributed by atoms with Crippen LogP contribution in [0.3, 0.4) is 0 Å². The van der Waals surface area contributed by atoms with Gasteiger partial charge in [0.05, 0.1) is 13.2 Å². The Balaban J connectivity index is 1.62. The smallest absolute Gasteiger partial charge is 0.140 e. The highest BCUT2D eigenvalue weighted by Gasteiger charge is 2.17. The minimum Gasteiger partial charge on any atom is -0.379 e. The first-order valence-electron chi connectivity index (χ1n) is 11.2. The minimum atomic E-state index is -0.332. The Morgan fingerprint density at radius 3 is 2.26 bits per heavy atom. The van der Waals surface area contributed by atoms with Crippen LogP contribution in [-0.2, 0) is 14.3 Å². The molecule has 0 aromatic heterocycles. The maximum atomic E-state index is 14.6. The molecule has 0 spiro atoms. The molecule has 2 rings (SSSR count). The van der Waals surface area contributed by atoms with Crippen LogP contribution in [0.15, 0.2) is 48.5 Å². The Kier molecular flexibility index (Phi) is 12.4. The Labute approximate surface area is 190 Å². The molecular weight excluding hydrogens is 415 g/mol. The number of hydrogen-bond acceptors (Lipinski definition) is 3. The number of carbonyl (C=O) groups is 1. The van der Waals surface area contributed by atoms with Gasteiger partial charge >= 0.3 is 0 Å². The van der Waals surface area contributed by atoms with Crippen LogP contribution in [-0.4, -0.2) is 38.1 Å². The van der Waals surface area contributed by atoms with E-state index in [4.69, 9.17) is 21.1 Å². The summed E-state index contributed by atoms with van der Waals surface area (Å²) in [6.45, 7) is 4.23. The third kappa shape index (κ3) is 9.51. The summed E-state index contributed by atoms with van der Waals surface area (Å²) >= 11 is 5.64. The van der Waals surface area contributed by atoms with Crippen LogP contribution in [0.1, 0.15) is 56.9 Å². The molecule has 0 aliphatic carbocycles. The Morgan fingerprint density at radius 2 is 1.58 bits per heavy atom. The average Bonchev–Trinajstić information content (AvgIpc) is 2.79. The van der Waals surface area contributed by atoms with Gasteiger partial charge in [0, 0.05) is 37.0 Å². The lowest BCUT2D eigenvalue weighted by atomic mass is 9.92. The van der Waals surface area contributed by atoms with Gasteiger partial charge in [0.1, 0.15) is 11.6 Å². The van der Waals surface area contributed by atoms with Crippen LogP contribution in [0.2, 0.25) is 0 Å². The zero-order chi connectivity index (χ0) is 22.3. The average molecular weight is 449 g/mol. The second kappa shape index (κ2) is 15.1. The normalized spacial score (nSPS) is 12.1. The third-order valence-corrected chi connectivity index (χ3v) is 5.58. The molecule has 0 N–H and O–H groups in total. The molecule has 2 aromatic carbocycles. The molecule has 0 radical (unpaired) electrons. The number of unbranched alkanes of at least 4 members (excludes halogenated alkanes) is 3. The highest BCUT2D eigenvalue weighted by molar-refractivity contribution is 6.17. The molecule has 0 fully saturated rings. The topological polar surface area (TPSA) is 35.5 Å². The van der Waals surface area contributed by atoms with Crippen molar-refractivity contribution in [3.05, 3.63) is 59.9 Å². The fourth-order valence-corrected chi connectivity index (χ4v) is 3.57. The van der Waals surface area contributed by atoms with E-state index >= 15 is 0 Å². The molecule has 0 aliphatic rings.